The number of esters is 1. The standard InChI is InChI=1S/C13H14N4O5S/c1-17-7-9(6-15-17)13(19)22-8-12(18)16-10-2-4-11(5-3-10)23(14,20)21/h2-7H,8H2,1H3,(H,16,18)(H2,14,20,21). The predicted octanol–water partition coefficient (Wildman–Crippen LogP) is -0.137. The van der Waals surface area contributed by atoms with Gasteiger partial charge in [0.15, 0.2) is 6.61 Å². The number of carbonyl (C=O) groups is 2. The van der Waals surface area contributed by atoms with E-state index in [2.05, 4.69) is 10.4 Å². The summed E-state index contributed by atoms with van der Waals surface area (Å²) in [7, 11) is -2.14. The van der Waals surface area contributed by atoms with Crippen LogP contribution in [0, 0.1) is 0 Å². The van der Waals surface area contributed by atoms with E-state index >= 15 is 0 Å². The summed E-state index contributed by atoms with van der Waals surface area (Å²) in [6.07, 6.45) is 2.79. The molecule has 0 aliphatic carbocycles. The minimum atomic E-state index is -3.79. The fourth-order valence-corrected chi connectivity index (χ4v) is 2.18. The van der Waals surface area contributed by atoms with E-state index < -0.39 is 28.5 Å². The van der Waals surface area contributed by atoms with Crippen molar-refractivity contribution in [3.8, 4) is 0 Å². The Morgan fingerprint density at radius 3 is 2.48 bits per heavy atom. The number of anilines is 1. The zero-order chi connectivity index (χ0) is 17.0. The van der Waals surface area contributed by atoms with Gasteiger partial charge in [-0.25, -0.2) is 18.4 Å². The smallest absolute Gasteiger partial charge is 0.341 e. The second-order valence-electron chi connectivity index (χ2n) is 4.60. The van der Waals surface area contributed by atoms with E-state index in [0.29, 0.717) is 5.69 Å². The minimum absolute atomic E-state index is 0.0708. The predicted molar refractivity (Wildman–Crippen MR) is 79.9 cm³/mol. The van der Waals surface area contributed by atoms with Crippen LogP contribution in [0.2, 0.25) is 0 Å². The molecule has 1 aromatic carbocycles. The number of hydrogen-bond acceptors (Lipinski definition) is 6. The molecule has 23 heavy (non-hydrogen) atoms. The maximum absolute atomic E-state index is 11.7. The van der Waals surface area contributed by atoms with Crippen LogP contribution < -0.4 is 10.5 Å². The van der Waals surface area contributed by atoms with Gasteiger partial charge < -0.3 is 10.1 Å². The van der Waals surface area contributed by atoms with Crippen molar-refractivity contribution < 1.29 is 22.7 Å². The van der Waals surface area contributed by atoms with Gasteiger partial charge in [-0.3, -0.25) is 9.48 Å². The van der Waals surface area contributed by atoms with Gasteiger partial charge in [-0.1, -0.05) is 0 Å². The summed E-state index contributed by atoms with van der Waals surface area (Å²) in [5.41, 5.74) is 0.581. The molecule has 0 fully saturated rings. The molecule has 1 aromatic heterocycles. The van der Waals surface area contributed by atoms with Gasteiger partial charge in [0.1, 0.15) is 0 Å². The first-order valence-corrected chi connectivity index (χ1v) is 7.89. The zero-order valence-corrected chi connectivity index (χ0v) is 12.9. The molecule has 0 saturated carbocycles. The molecule has 0 saturated heterocycles. The van der Waals surface area contributed by atoms with Crippen molar-refractivity contribution >= 4 is 27.6 Å². The van der Waals surface area contributed by atoms with Crippen molar-refractivity contribution in [3.05, 3.63) is 42.2 Å². The molecular formula is C13H14N4O5S. The van der Waals surface area contributed by atoms with E-state index in [1.165, 1.54) is 41.3 Å². The van der Waals surface area contributed by atoms with Crippen LogP contribution in [0.3, 0.4) is 0 Å². The van der Waals surface area contributed by atoms with Crippen LogP contribution in [0.1, 0.15) is 10.4 Å². The molecule has 9 nitrogen and oxygen atoms in total. The number of rotatable bonds is 5. The number of aromatic nitrogens is 2. The normalized spacial score (nSPS) is 11.0. The monoisotopic (exact) mass is 338 g/mol. The Morgan fingerprint density at radius 2 is 1.96 bits per heavy atom. The quantitative estimate of drug-likeness (QED) is 0.729. The van der Waals surface area contributed by atoms with Gasteiger partial charge in [0.2, 0.25) is 10.0 Å². The van der Waals surface area contributed by atoms with Crippen LogP contribution in [0.15, 0.2) is 41.6 Å². The van der Waals surface area contributed by atoms with Gasteiger partial charge >= 0.3 is 5.97 Å². The lowest BCUT2D eigenvalue weighted by Gasteiger charge is -2.06. The summed E-state index contributed by atoms with van der Waals surface area (Å²) >= 11 is 0. The second kappa shape index (κ2) is 6.58. The van der Waals surface area contributed by atoms with Crippen molar-refractivity contribution in [1.82, 2.24) is 9.78 Å². The summed E-state index contributed by atoms with van der Waals surface area (Å²) in [6, 6.07) is 5.26. The molecule has 2 rings (SSSR count). The highest BCUT2D eigenvalue weighted by molar-refractivity contribution is 7.89. The van der Waals surface area contributed by atoms with E-state index in [0.717, 1.165) is 0 Å². The second-order valence-corrected chi connectivity index (χ2v) is 6.16. The number of amides is 1. The van der Waals surface area contributed by atoms with Crippen LogP contribution in [0.4, 0.5) is 5.69 Å². The van der Waals surface area contributed by atoms with Crippen LogP contribution in [0.5, 0.6) is 0 Å². The first-order chi connectivity index (χ1) is 10.8. The third-order valence-corrected chi connectivity index (χ3v) is 3.67. The van der Waals surface area contributed by atoms with E-state index in [4.69, 9.17) is 9.88 Å². The molecule has 0 bridgehead atoms. The molecule has 1 amide bonds. The molecule has 0 aliphatic heterocycles. The van der Waals surface area contributed by atoms with Crippen LogP contribution in [-0.2, 0) is 26.6 Å². The molecule has 0 aliphatic rings. The highest BCUT2D eigenvalue weighted by Crippen LogP contribution is 2.12. The van der Waals surface area contributed by atoms with Gasteiger partial charge in [-0.15, -0.1) is 0 Å². The summed E-state index contributed by atoms with van der Waals surface area (Å²) in [5.74, 6) is -1.23. The highest BCUT2D eigenvalue weighted by Gasteiger charge is 2.12. The van der Waals surface area contributed by atoms with Gasteiger partial charge in [-0.05, 0) is 24.3 Å². The number of primary sulfonamides is 1. The number of benzene rings is 1. The first kappa shape index (κ1) is 16.6. The number of aryl methyl sites for hydroxylation is 1. The van der Waals surface area contributed by atoms with Crippen LogP contribution >= 0.6 is 0 Å². The van der Waals surface area contributed by atoms with Gasteiger partial charge in [0.25, 0.3) is 5.91 Å². The first-order valence-electron chi connectivity index (χ1n) is 6.34. The van der Waals surface area contributed by atoms with Gasteiger partial charge in [0.05, 0.1) is 16.7 Å². The summed E-state index contributed by atoms with van der Waals surface area (Å²) in [4.78, 5) is 23.2. The van der Waals surface area contributed by atoms with Crippen LogP contribution in [0.25, 0.3) is 0 Å². The van der Waals surface area contributed by atoms with E-state index in [9.17, 15) is 18.0 Å². The lowest BCUT2D eigenvalue weighted by molar-refractivity contribution is -0.119. The van der Waals surface area contributed by atoms with E-state index in [1.807, 2.05) is 0 Å². The Bertz CT molecular complexity index is 826. The van der Waals surface area contributed by atoms with Crippen LogP contribution in [-0.4, -0.2) is 36.7 Å². The zero-order valence-electron chi connectivity index (χ0n) is 12.1. The number of nitrogens with two attached hydrogens (primary N) is 1. The third kappa shape index (κ3) is 4.63. The molecule has 122 valence electrons. The maximum Gasteiger partial charge on any atom is 0.341 e. The molecule has 0 atom stereocenters. The summed E-state index contributed by atoms with van der Waals surface area (Å²) in [5, 5.41) is 11.2. The number of sulfonamides is 1. The molecule has 1 heterocycles. The Balaban J connectivity index is 1.88. The number of ether oxygens (including phenoxy) is 1. The van der Waals surface area contributed by atoms with Gasteiger partial charge in [-0.2, -0.15) is 5.10 Å². The Labute approximate surface area is 132 Å². The molecule has 2 aromatic rings. The van der Waals surface area contributed by atoms with E-state index in [1.54, 1.807) is 7.05 Å². The Morgan fingerprint density at radius 1 is 1.30 bits per heavy atom. The average Bonchev–Trinajstić information content (AvgIpc) is 2.91. The van der Waals surface area contributed by atoms with E-state index in [-0.39, 0.29) is 10.5 Å². The molecular weight excluding hydrogens is 324 g/mol. The largest absolute Gasteiger partial charge is 0.452 e. The number of carbonyl (C=O) groups excluding carboxylic acids is 2. The third-order valence-electron chi connectivity index (χ3n) is 2.74. The summed E-state index contributed by atoms with van der Waals surface area (Å²) < 4.78 is 28.5. The molecule has 10 heteroatoms. The lowest BCUT2D eigenvalue weighted by Crippen LogP contribution is -2.21. The van der Waals surface area contributed by atoms with Crippen molar-refractivity contribution in [3.63, 3.8) is 0 Å². The van der Waals surface area contributed by atoms with Crippen molar-refractivity contribution in [2.45, 2.75) is 4.90 Å². The summed E-state index contributed by atoms with van der Waals surface area (Å²) in [6.45, 7) is -0.481. The SMILES string of the molecule is Cn1cc(C(=O)OCC(=O)Nc2ccc(S(N)(=O)=O)cc2)cn1. The molecule has 0 spiro atoms. The molecule has 3 N–H and O–H groups in total. The average molecular weight is 338 g/mol. The molecule has 0 radical (unpaired) electrons. The highest BCUT2D eigenvalue weighted by atomic mass is 32.2. The number of hydrogen-bond donors (Lipinski definition) is 2. The Kier molecular flexibility index (Phi) is 4.77. The number of nitrogens with one attached hydrogen (secondary N) is 1. The lowest BCUT2D eigenvalue weighted by atomic mass is 10.3. The van der Waals surface area contributed by atoms with Crippen molar-refractivity contribution in [1.29, 1.82) is 0 Å². The fourth-order valence-electron chi connectivity index (χ4n) is 1.67. The minimum Gasteiger partial charge on any atom is -0.452 e. The topological polar surface area (TPSA) is 133 Å². The molecule has 0 unspecified atom stereocenters. The number of nitrogens with zero attached hydrogens (tertiary/aromatic N) is 2. The Hall–Kier alpha value is -2.72. The van der Waals surface area contributed by atoms with Gasteiger partial charge in [0, 0.05) is 18.9 Å². The fraction of sp³-hybridized carbons (Fsp3) is 0.154. The van der Waals surface area contributed by atoms with Crippen molar-refractivity contribution in [2.24, 2.45) is 12.2 Å². The maximum atomic E-state index is 11.7. The van der Waals surface area contributed by atoms with Crippen molar-refractivity contribution in [2.75, 3.05) is 11.9 Å².